The van der Waals surface area contributed by atoms with Gasteiger partial charge in [-0.1, -0.05) is 11.6 Å². The fourth-order valence-electron chi connectivity index (χ4n) is 2.94. The average Bonchev–Trinajstić information content (AvgIpc) is 3.11. The van der Waals surface area contributed by atoms with Gasteiger partial charge in [-0.2, -0.15) is 10.4 Å². The molecule has 0 aliphatic heterocycles. The molecule has 1 N–H and O–H groups in total. The minimum atomic E-state index is -4.05. The van der Waals surface area contributed by atoms with Crippen molar-refractivity contribution in [2.45, 2.75) is 24.8 Å². The smallest absolute Gasteiger partial charge is 0.264 e. The Bertz CT molecular complexity index is 1300. The molecule has 166 valence electrons. The maximum Gasteiger partial charge on any atom is 0.264 e. The van der Waals surface area contributed by atoms with Crippen molar-refractivity contribution in [3.8, 4) is 6.07 Å². The molecule has 0 bridgehead atoms. The van der Waals surface area contributed by atoms with Gasteiger partial charge in [0.05, 0.1) is 45.9 Å². The van der Waals surface area contributed by atoms with Crippen molar-refractivity contribution in [2.75, 3.05) is 16.7 Å². The summed E-state index contributed by atoms with van der Waals surface area (Å²) >= 11 is 6.17. The number of hydrogen-bond acceptors (Lipinski definition) is 5. The highest BCUT2D eigenvalue weighted by Gasteiger charge is 2.24. The summed E-state index contributed by atoms with van der Waals surface area (Å²) in [5.74, 6) is -0.764. The summed E-state index contributed by atoms with van der Waals surface area (Å²) in [6.45, 7) is 2.02. The van der Waals surface area contributed by atoms with Gasteiger partial charge in [-0.05, 0) is 49.4 Å². The molecule has 3 rings (SSSR count). The molecule has 0 unspecified atom stereocenters. The largest absolute Gasteiger partial charge is 0.307 e. The van der Waals surface area contributed by atoms with Crippen molar-refractivity contribution >= 4 is 39.0 Å². The fourth-order valence-corrected chi connectivity index (χ4v) is 4.37. The summed E-state index contributed by atoms with van der Waals surface area (Å²) < 4.78 is 41.7. The molecular weight excluding hydrogens is 457 g/mol. The topological polar surface area (TPSA) is 108 Å². The van der Waals surface area contributed by atoms with Gasteiger partial charge in [-0.15, -0.1) is 0 Å². The van der Waals surface area contributed by atoms with Crippen LogP contribution in [0.1, 0.15) is 22.5 Å². The molecule has 1 amide bonds. The predicted octanol–water partition coefficient (Wildman–Crippen LogP) is 3.98. The van der Waals surface area contributed by atoms with Gasteiger partial charge >= 0.3 is 0 Å². The van der Waals surface area contributed by atoms with Gasteiger partial charge in [-0.3, -0.25) is 9.10 Å². The number of rotatable bonds is 7. The number of benzene rings is 2. The van der Waals surface area contributed by atoms with Crippen molar-refractivity contribution in [2.24, 2.45) is 0 Å². The Morgan fingerprint density at radius 1 is 1.25 bits per heavy atom. The Kier molecular flexibility index (Phi) is 6.81. The number of anilines is 2. The van der Waals surface area contributed by atoms with Crippen molar-refractivity contribution < 1.29 is 17.6 Å². The minimum Gasteiger partial charge on any atom is -0.307 e. The van der Waals surface area contributed by atoms with E-state index in [4.69, 9.17) is 16.9 Å². The zero-order valence-electron chi connectivity index (χ0n) is 17.2. The third-order valence-electron chi connectivity index (χ3n) is 4.61. The lowest BCUT2D eigenvalue weighted by Gasteiger charge is -2.20. The molecule has 0 spiro atoms. The Morgan fingerprint density at radius 3 is 2.59 bits per heavy atom. The van der Waals surface area contributed by atoms with Gasteiger partial charge in [0.15, 0.2) is 0 Å². The van der Waals surface area contributed by atoms with E-state index < -0.39 is 21.7 Å². The van der Waals surface area contributed by atoms with Crippen LogP contribution >= 0.6 is 11.6 Å². The van der Waals surface area contributed by atoms with Crippen LogP contribution in [0.4, 0.5) is 15.9 Å². The fraction of sp³-hybridized carbons (Fsp3) is 0.190. The van der Waals surface area contributed by atoms with Gasteiger partial charge in [0, 0.05) is 13.1 Å². The van der Waals surface area contributed by atoms with Crippen LogP contribution in [0.3, 0.4) is 0 Å². The number of carbonyl (C=O) groups is 1. The van der Waals surface area contributed by atoms with Crippen LogP contribution in [0.5, 0.6) is 0 Å². The number of aromatic nitrogens is 2. The molecule has 0 atom stereocenters. The molecule has 11 heteroatoms. The maximum absolute atomic E-state index is 13.2. The molecule has 0 fully saturated rings. The lowest BCUT2D eigenvalue weighted by Crippen LogP contribution is -2.27. The highest BCUT2D eigenvalue weighted by Crippen LogP contribution is 2.26. The summed E-state index contributed by atoms with van der Waals surface area (Å²) in [4.78, 5) is 12.7. The molecule has 1 aromatic heterocycles. The van der Waals surface area contributed by atoms with Gasteiger partial charge < -0.3 is 5.32 Å². The number of nitrogens with zero attached hydrogens (tertiary/aromatic N) is 4. The highest BCUT2D eigenvalue weighted by molar-refractivity contribution is 7.92. The van der Waals surface area contributed by atoms with E-state index in [1.807, 2.05) is 6.07 Å². The zero-order valence-corrected chi connectivity index (χ0v) is 18.8. The quantitative estimate of drug-likeness (QED) is 0.556. The summed E-state index contributed by atoms with van der Waals surface area (Å²) in [5.41, 5.74) is 0.844. The van der Waals surface area contributed by atoms with Crippen LogP contribution in [0.2, 0.25) is 5.02 Å². The van der Waals surface area contributed by atoms with E-state index in [9.17, 15) is 17.6 Å². The SMILES string of the molecule is Cc1cc(NC(=O)c2cc(S(=O)(=O)N(C)c3ccc(F)cc3)ccc2Cl)n(CCC#N)n1. The summed E-state index contributed by atoms with van der Waals surface area (Å²) in [6.07, 6.45) is 0.203. The van der Waals surface area contributed by atoms with E-state index >= 15 is 0 Å². The number of hydrogen-bond donors (Lipinski definition) is 1. The first-order valence-corrected chi connectivity index (χ1v) is 11.2. The van der Waals surface area contributed by atoms with Gasteiger partial charge in [0.2, 0.25) is 0 Å². The Morgan fingerprint density at radius 2 is 1.94 bits per heavy atom. The maximum atomic E-state index is 13.2. The third kappa shape index (κ3) is 4.90. The molecular formula is C21H19ClFN5O3S. The minimum absolute atomic E-state index is 0.0501. The van der Waals surface area contributed by atoms with Crippen LogP contribution < -0.4 is 9.62 Å². The average molecular weight is 476 g/mol. The molecule has 0 aliphatic carbocycles. The van der Waals surface area contributed by atoms with Crippen molar-refractivity contribution in [3.63, 3.8) is 0 Å². The Hall–Kier alpha value is -3.42. The second kappa shape index (κ2) is 9.38. The molecule has 0 radical (unpaired) electrons. The number of halogens is 2. The number of nitriles is 1. The van der Waals surface area contributed by atoms with E-state index in [1.165, 1.54) is 42.1 Å². The highest BCUT2D eigenvalue weighted by atomic mass is 35.5. The van der Waals surface area contributed by atoms with Crippen molar-refractivity contribution in [3.05, 3.63) is 70.6 Å². The van der Waals surface area contributed by atoms with Crippen LogP contribution in [0.25, 0.3) is 0 Å². The number of carbonyl (C=O) groups excluding carboxylic acids is 1. The number of nitrogens with one attached hydrogen (secondary N) is 1. The van der Waals surface area contributed by atoms with Crippen LogP contribution in [0, 0.1) is 24.1 Å². The first kappa shape index (κ1) is 23.2. The number of amides is 1. The molecule has 0 saturated heterocycles. The van der Waals surface area contributed by atoms with E-state index in [0.29, 0.717) is 11.5 Å². The number of aryl methyl sites for hydroxylation is 2. The second-order valence-electron chi connectivity index (χ2n) is 6.85. The third-order valence-corrected chi connectivity index (χ3v) is 6.72. The summed E-state index contributed by atoms with van der Waals surface area (Å²) in [6, 6.07) is 12.4. The standard InChI is InChI=1S/C21H19ClFN5O3S/c1-14-12-20(28(26-14)11-3-10-24)25-21(29)18-13-17(8-9-19(18)22)32(30,31)27(2)16-6-4-15(23)5-7-16/h4-9,12-13H,3,11H2,1-2H3,(H,25,29). The predicted molar refractivity (Wildman–Crippen MR) is 119 cm³/mol. The second-order valence-corrected chi connectivity index (χ2v) is 9.22. The van der Waals surface area contributed by atoms with E-state index in [0.717, 1.165) is 16.4 Å². The molecule has 0 aliphatic rings. The van der Waals surface area contributed by atoms with Gasteiger partial charge in [0.1, 0.15) is 11.6 Å². The van der Waals surface area contributed by atoms with Gasteiger partial charge in [-0.25, -0.2) is 17.5 Å². The summed E-state index contributed by atoms with van der Waals surface area (Å²) in [7, 11) is -2.72. The lowest BCUT2D eigenvalue weighted by atomic mass is 10.2. The van der Waals surface area contributed by atoms with Crippen LogP contribution in [-0.4, -0.2) is 31.2 Å². The zero-order chi connectivity index (χ0) is 23.5. The number of sulfonamides is 1. The van der Waals surface area contributed by atoms with E-state index in [2.05, 4.69) is 10.4 Å². The molecule has 8 nitrogen and oxygen atoms in total. The first-order valence-electron chi connectivity index (χ1n) is 9.40. The molecule has 1 heterocycles. The van der Waals surface area contributed by atoms with Gasteiger partial charge in [0.25, 0.3) is 15.9 Å². The Labute approximate surface area is 189 Å². The summed E-state index contributed by atoms with van der Waals surface area (Å²) in [5, 5.41) is 15.7. The monoisotopic (exact) mass is 475 g/mol. The van der Waals surface area contributed by atoms with E-state index in [-0.39, 0.29) is 34.1 Å². The Balaban J connectivity index is 1.91. The first-order chi connectivity index (χ1) is 15.1. The van der Waals surface area contributed by atoms with Crippen LogP contribution in [0.15, 0.2) is 53.4 Å². The molecule has 2 aromatic carbocycles. The molecule has 3 aromatic rings. The lowest BCUT2D eigenvalue weighted by molar-refractivity contribution is 0.102. The molecule has 32 heavy (non-hydrogen) atoms. The van der Waals surface area contributed by atoms with Crippen molar-refractivity contribution in [1.29, 1.82) is 5.26 Å². The van der Waals surface area contributed by atoms with E-state index in [1.54, 1.807) is 13.0 Å². The van der Waals surface area contributed by atoms with Crippen molar-refractivity contribution in [1.82, 2.24) is 9.78 Å². The molecule has 0 saturated carbocycles. The normalized spacial score (nSPS) is 11.1. The van der Waals surface area contributed by atoms with Crippen LogP contribution in [-0.2, 0) is 16.6 Å².